The molecule has 0 radical (unpaired) electrons. The van der Waals surface area contributed by atoms with Crippen LogP contribution in [0.3, 0.4) is 0 Å². The number of rotatable bonds is 8. The zero-order valence-corrected chi connectivity index (χ0v) is 36.5. The lowest BCUT2D eigenvalue weighted by Gasteiger charge is -2.33. The summed E-state index contributed by atoms with van der Waals surface area (Å²) in [6, 6.07) is 18.5. The molecular weight excluding hydrogens is 834 g/mol. The zero-order chi connectivity index (χ0) is 43.4. The van der Waals surface area contributed by atoms with Crippen LogP contribution in [0.15, 0.2) is 87.2 Å². The molecule has 0 spiro atoms. The number of aromatic amines is 1. The monoisotopic (exact) mass is 878 g/mol. The third-order valence-corrected chi connectivity index (χ3v) is 15.0. The lowest BCUT2D eigenvalue weighted by Crippen LogP contribution is -2.40. The normalized spacial score (nSPS) is 20.5. The first-order valence-corrected chi connectivity index (χ1v) is 23.8. The maximum atomic E-state index is 15.3. The van der Waals surface area contributed by atoms with Crippen molar-refractivity contribution < 1.29 is 23.0 Å². The standard InChI is InChI=1S/C45H45ClFN8O6P/c1-25-20-32(21-26(2)38(25)47)55-40(53-17-16-51(44(53)58)31-7-9-33(10-8-31)62(4,5)59)37-34(49-55)12-15-52(39(37)46)41(56)36-23-30-22-29(28-13-18-60-19-14-28)6-11-35(30)54(36)45(24-27(45)3)42-48-43(57)61-50-42/h6-11,16-17,20-23,27-28,39H,12-15,18-19,24H2,1-5H3,(H,48,50,57)/t27-,39+,45-/m0/s1. The summed E-state index contributed by atoms with van der Waals surface area (Å²) in [7, 11) is -2.53. The summed E-state index contributed by atoms with van der Waals surface area (Å²) in [4.78, 5) is 46.6. The highest BCUT2D eigenvalue weighted by Crippen LogP contribution is 2.56. The number of amides is 1. The summed E-state index contributed by atoms with van der Waals surface area (Å²) in [5.74, 6) is -0.427. The van der Waals surface area contributed by atoms with E-state index in [9.17, 15) is 14.2 Å². The first-order chi connectivity index (χ1) is 29.6. The number of ether oxygens (including phenoxy) is 1. The van der Waals surface area contributed by atoms with E-state index in [4.69, 9.17) is 26.0 Å². The molecule has 1 saturated heterocycles. The minimum Gasteiger partial charge on any atom is -0.381 e. The van der Waals surface area contributed by atoms with E-state index >= 15 is 9.18 Å². The van der Waals surface area contributed by atoms with E-state index in [1.807, 2.05) is 23.6 Å². The summed E-state index contributed by atoms with van der Waals surface area (Å²) in [6.07, 6.45) is 5.95. The Kier molecular flexibility index (Phi) is 9.54. The minimum absolute atomic E-state index is 0.00615. The Balaban J connectivity index is 1.11. The summed E-state index contributed by atoms with van der Waals surface area (Å²) in [5.41, 5.74) is 2.85. The lowest BCUT2D eigenvalue weighted by atomic mass is 9.91. The highest BCUT2D eigenvalue weighted by atomic mass is 35.5. The van der Waals surface area contributed by atoms with Gasteiger partial charge in [-0.3, -0.25) is 23.4 Å². The van der Waals surface area contributed by atoms with E-state index < -0.39 is 29.6 Å². The Hall–Kier alpha value is -5.76. The summed E-state index contributed by atoms with van der Waals surface area (Å²) < 4.78 is 45.0. The SMILES string of the molecule is Cc1cc(-n2nc3c(c2-n2ccn(-c4ccc(P(C)(C)=O)cc4)c2=O)[C@H](Cl)N(C(=O)c2cc4cc(C5CCOCC5)ccc4n2[C@@]2(c4noc(=O)[nH]4)C[C@@H]2C)CC3)cc(C)c1F. The second-order valence-electron chi connectivity index (χ2n) is 17.3. The van der Waals surface area contributed by atoms with Crippen LogP contribution in [0.1, 0.15) is 81.9 Å². The number of imidazole rings is 1. The van der Waals surface area contributed by atoms with E-state index in [1.165, 1.54) is 9.13 Å². The third-order valence-electron chi connectivity index (χ3n) is 13.0. The van der Waals surface area contributed by atoms with Crippen molar-refractivity contribution >= 4 is 40.9 Å². The van der Waals surface area contributed by atoms with Crippen molar-refractivity contribution in [3.63, 3.8) is 0 Å². The number of alkyl halides is 1. The van der Waals surface area contributed by atoms with Crippen LogP contribution in [0.5, 0.6) is 0 Å². The fourth-order valence-corrected chi connectivity index (χ4v) is 10.9. The van der Waals surface area contributed by atoms with Gasteiger partial charge >= 0.3 is 11.4 Å². The number of nitrogens with zero attached hydrogens (tertiary/aromatic N) is 7. The number of nitrogens with one attached hydrogen (secondary N) is 1. The van der Waals surface area contributed by atoms with Crippen LogP contribution >= 0.6 is 18.7 Å². The van der Waals surface area contributed by atoms with Gasteiger partial charge in [0.2, 0.25) is 0 Å². The number of carbonyl (C=O) groups is 1. The Bertz CT molecular complexity index is 3090. The van der Waals surface area contributed by atoms with Crippen LogP contribution in [0.4, 0.5) is 4.39 Å². The molecule has 17 heteroatoms. The third kappa shape index (κ3) is 6.38. The molecule has 1 aliphatic carbocycles. The van der Waals surface area contributed by atoms with Crippen LogP contribution in [0.25, 0.3) is 28.1 Å². The van der Waals surface area contributed by atoms with Gasteiger partial charge in [-0.15, -0.1) is 0 Å². The van der Waals surface area contributed by atoms with Crippen molar-refractivity contribution in [3.8, 4) is 17.2 Å². The van der Waals surface area contributed by atoms with Gasteiger partial charge in [0.05, 0.1) is 22.6 Å². The largest absolute Gasteiger partial charge is 0.438 e. The molecule has 14 nitrogen and oxygen atoms in total. The zero-order valence-electron chi connectivity index (χ0n) is 34.9. The number of hydrogen-bond acceptors (Lipinski definition) is 8. The fourth-order valence-electron chi connectivity index (χ4n) is 9.58. The molecule has 6 heterocycles. The van der Waals surface area contributed by atoms with Crippen molar-refractivity contribution in [1.82, 2.24) is 38.5 Å². The minimum atomic E-state index is -2.53. The Morgan fingerprint density at radius 3 is 2.31 bits per heavy atom. The molecule has 4 aromatic heterocycles. The molecule has 7 aromatic rings. The molecule has 0 unspecified atom stereocenters. The van der Waals surface area contributed by atoms with Gasteiger partial charge in [-0.25, -0.2) is 18.7 Å². The van der Waals surface area contributed by atoms with Crippen molar-refractivity contribution in [3.05, 3.63) is 139 Å². The summed E-state index contributed by atoms with van der Waals surface area (Å²) in [5, 5.41) is 10.7. The average molecular weight is 879 g/mol. The van der Waals surface area contributed by atoms with Crippen molar-refractivity contribution in [2.24, 2.45) is 5.92 Å². The molecule has 3 aromatic carbocycles. The second kappa shape index (κ2) is 14.7. The van der Waals surface area contributed by atoms with Gasteiger partial charge in [-0.05, 0) is 130 Å². The molecule has 3 aliphatic rings. The molecule has 10 rings (SSSR count). The number of aromatic nitrogens is 7. The van der Waals surface area contributed by atoms with Crippen LogP contribution in [0.2, 0.25) is 0 Å². The number of halogens is 2. The molecule has 2 aliphatic heterocycles. The van der Waals surface area contributed by atoms with Gasteiger partial charge in [0.25, 0.3) is 5.91 Å². The van der Waals surface area contributed by atoms with Crippen molar-refractivity contribution in [2.45, 2.75) is 63.4 Å². The maximum absolute atomic E-state index is 15.3. The fraction of sp³-hybridized carbons (Fsp3) is 0.356. The smallest absolute Gasteiger partial charge is 0.381 e. The lowest BCUT2D eigenvalue weighted by molar-refractivity contribution is 0.0709. The predicted molar refractivity (Wildman–Crippen MR) is 233 cm³/mol. The molecule has 320 valence electrons. The number of benzene rings is 3. The number of hydrogen-bond donors (Lipinski definition) is 1. The van der Waals surface area contributed by atoms with Crippen molar-refractivity contribution in [1.29, 1.82) is 0 Å². The maximum Gasteiger partial charge on any atom is 0.438 e. The summed E-state index contributed by atoms with van der Waals surface area (Å²) >= 11 is 7.54. The van der Waals surface area contributed by atoms with E-state index in [1.54, 1.807) is 85.6 Å². The molecule has 2 fully saturated rings. The Morgan fingerprint density at radius 2 is 1.66 bits per heavy atom. The number of H-pyrrole nitrogens is 1. The van der Waals surface area contributed by atoms with Crippen LogP contribution in [-0.4, -0.2) is 77.5 Å². The van der Waals surface area contributed by atoms with E-state index in [0.717, 1.165) is 29.3 Å². The van der Waals surface area contributed by atoms with Gasteiger partial charge < -0.3 is 18.8 Å². The highest BCUT2D eigenvalue weighted by molar-refractivity contribution is 7.70. The predicted octanol–water partition coefficient (Wildman–Crippen LogP) is 7.06. The summed E-state index contributed by atoms with van der Waals surface area (Å²) in [6.45, 7) is 10.4. The highest BCUT2D eigenvalue weighted by Gasteiger charge is 2.59. The number of carbonyl (C=O) groups excluding carboxylic acids is 1. The number of fused-ring (bicyclic) bond motifs is 2. The van der Waals surface area contributed by atoms with Gasteiger partial charge in [-0.1, -0.05) is 29.7 Å². The van der Waals surface area contributed by atoms with Gasteiger partial charge in [-0.2, -0.15) is 5.10 Å². The van der Waals surface area contributed by atoms with Gasteiger partial charge in [0.1, 0.15) is 29.7 Å². The molecule has 1 amide bonds. The van der Waals surface area contributed by atoms with Crippen molar-refractivity contribution in [2.75, 3.05) is 33.1 Å². The van der Waals surface area contributed by atoms with Crippen LogP contribution in [0, 0.1) is 25.6 Å². The van der Waals surface area contributed by atoms with Crippen LogP contribution < -0.4 is 16.8 Å². The van der Waals surface area contributed by atoms with E-state index in [-0.39, 0.29) is 24.2 Å². The van der Waals surface area contributed by atoms with Crippen LogP contribution in [-0.2, 0) is 21.3 Å². The topological polar surface area (TPSA) is 155 Å². The Morgan fingerprint density at radius 1 is 0.968 bits per heavy atom. The van der Waals surface area contributed by atoms with Gasteiger partial charge in [0.15, 0.2) is 11.6 Å². The van der Waals surface area contributed by atoms with E-state index in [0.29, 0.717) is 88.4 Å². The van der Waals surface area contributed by atoms with E-state index in [2.05, 4.69) is 22.3 Å². The molecule has 3 atom stereocenters. The average Bonchev–Trinajstić information content (AvgIpc) is 3.75. The number of aryl methyl sites for hydroxylation is 2. The quantitative estimate of drug-likeness (QED) is 0.0967. The molecule has 62 heavy (non-hydrogen) atoms. The first kappa shape index (κ1) is 40.3. The molecule has 1 N–H and O–H groups in total. The molecule has 1 saturated carbocycles. The first-order valence-electron chi connectivity index (χ1n) is 20.8. The second-order valence-corrected chi connectivity index (χ2v) is 20.9. The Labute approximate surface area is 360 Å². The molecular formula is C45H45ClFN8O6P. The molecule has 0 bridgehead atoms. The van der Waals surface area contributed by atoms with Gasteiger partial charge in [0, 0.05) is 54.8 Å².